The number of morpholine rings is 1. The van der Waals surface area contributed by atoms with Crippen LogP contribution < -0.4 is 10.9 Å². The first kappa shape index (κ1) is 17.5. The molecule has 3 aromatic rings. The lowest BCUT2D eigenvalue weighted by molar-refractivity contribution is 0.0118. The second-order valence-electron chi connectivity index (χ2n) is 6.37. The fraction of sp³-hybridized carbons (Fsp3) is 0.300. The average molecular weight is 368 g/mol. The van der Waals surface area contributed by atoms with Crippen molar-refractivity contribution in [3.05, 3.63) is 70.5 Å². The third kappa shape index (κ3) is 3.79. The SMILES string of the molecule is O=C(NC[C@H](c1ccco1)N1CCOCC1)c1cc2ccccc2oc1=O. The van der Waals surface area contributed by atoms with Gasteiger partial charge in [-0.1, -0.05) is 18.2 Å². The van der Waals surface area contributed by atoms with Crippen molar-refractivity contribution >= 4 is 16.9 Å². The summed E-state index contributed by atoms with van der Waals surface area (Å²) in [5, 5.41) is 3.56. The van der Waals surface area contributed by atoms with E-state index in [1.54, 1.807) is 30.5 Å². The number of rotatable bonds is 5. The van der Waals surface area contributed by atoms with Crippen LogP contribution in [0.25, 0.3) is 11.0 Å². The summed E-state index contributed by atoms with van der Waals surface area (Å²) in [4.78, 5) is 27.0. The molecule has 0 aliphatic carbocycles. The van der Waals surface area contributed by atoms with E-state index in [-0.39, 0.29) is 11.6 Å². The van der Waals surface area contributed by atoms with Gasteiger partial charge in [0, 0.05) is 25.0 Å². The summed E-state index contributed by atoms with van der Waals surface area (Å²) in [5.41, 5.74) is -0.193. The Labute approximate surface area is 155 Å². The highest BCUT2D eigenvalue weighted by atomic mass is 16.5. The summed E-state index contributed by atoms with van der Waals surface area (Å²) >= 11 is 0. The molecule has 1 saturated heterocycles. The highest BCUT2D eigenvalue weighted by Gasteiger charge is 2.26. The zero-order valence-corrected chi connectivity index (χ0v) is 14.7. The molecule has 1 aliphatic rings. The van der Waals surface area contributed by atoms with E-state index < -0.39 is 11.5 Å². The molecule has 0 saturated carbocycles. The van der Waals surface area contributed by atoms with Gasteiger partial charge in [-0.2, -0.15) is 0 Å². The normalized spacial score (nSPS) is 16.3. The summed E-state index contributed by atoms with van der Waals surface area (Å²) in [5.74, 6) is 0.307. The van der Waals surface area contributed by atoms with Gasteiger partial charge in [0.15, 0.2) is 0 Å². The van der Waals surface area contributed by atoms with Crippen molar-refractivity contribution in [1.29, 1.82) is 0 Å². The molecule has 0 radical (unpaired) electrons. The molecule has 1 amide bonds. The van der Waals surface area contributed by atoms with Crippen molar-refractivity contribution in [3.63, 3.8) is 0 Å². The number of carbonyl (C=O) groups excluding carboxylic acids is 1. The van der Waals surface area contributed by atoms with Gasteiger partial charge in [0.1, 0.15) is 16.9 Å². The van der Waals surface area contributed by atoms with Gasteiger partial charge in [-0.15, -0.1) is 0 Å². The van der Waals surface area contributed by atoms with Gasteiger partial charge >= 0.3 is 5.63 Å². The zero-order chi connectivity index (χ0) is 18.6. The molecule has 2 aromatic heterocycles. The molecule has 4 rings (SSSR count). The van der Waals surface area contributed by atoms with Crippen LogP contribution >= 0.6 is 0 Å². The Kier molecular flexibility index (Phi) is 5.04. The maximum atomic E-state index is 12.6. The van der Waals surface area contributed by atoms with Crippen molar-refractivity contribution in [2.24, 2.45) is 0 Å². The Morgan fingerprint density at radius 2 is 1.96 bits per heavy atom. The van der Waals surface area contributed by atoms with Crippen LogP contribution in [0.2, 0.25) is 0 Å². The molecule has 0 unspecified atom stereocenters. The van der Waals surface area contributed by atoms with E-state index in [2.05, 4.69) is 10.2 Å². The maximum absolute atomic E-state index is 12.6. The Morgan fingerprint density at radius 1 is 1.15 bits per heavy atom. The van der Waals surface area contributed by atoms with Gasteiger partial charge in [0.25, 0.3) is 5.91 Å². The highest BCUT2D eigenvalue weighted by molar-refractivity contribution is 5.96. The van der Waals surface area contributed by atoms with Crippen LogP contribution in [-0.4, -0.2) is 43.7 Å². The van der Waals surface area contributed by atoms with Crippen molar-refractivity contribution in [2.45, 2.75) is 6.04 Å². The second kappa shape index (κ2) is 7.77. The predicted octanol–water partition coefficient (Wildman–Crippen LogP) is 2.19. The highest BCUT2D eigenvalue weighted by Crippen LogP contribution is 2.22. The molecule has 1 N–H and O–H groups in total. The zero-order valence-electron chi connectivity index (χ0n) is 14.7. The van der Waals surface area contributed by atoms with E-state index in [0.717, 1.165) is 18.8 Å². The van der Waals surface area contributed by atoms with Crippen molar-refractivity contribution < 1.29 is 18.4 Å². The summed E-state index contributed by atoms with van der Waals surface area (Å²) in [7, 11) is 0. The third-order valence-corrected chi connectivity index (χ3v) is 4.70. The lowest BCUT2D eigenvalue weighted by Crippen LogP contribution is -2.44. The summed E-state index contributed by atoms with van der Waals surface area (Å²) in [6, 6.07) is 12.3. The fourth-order valence-electron chi connectivity index (χ4n) is 3.28. The molecule has 140 valence electrons. The topological polar surface area (TPSA) is 84.9 Å². The molecule has 0 bridgehead atoms. The third-order valence-electron chi connectivity index (χ3n) is 4.70. The average Bonchev–Trinajstić information content (AvgIpc) is 3.23. The minimum atomic E-state index is -0.646. The Morgan fingerprint density at radius 3 is 2.74 bits per heavy atom. The van der Waals surface area contributed by atoms with E-state index in [0.29, 0.717) is 30.7 Å². The number of nitrogens with zero attached hydrogens (tertiary/aromatic N) is 1. The lowest BCUT2D eigenvalue weighted by atomic mass is 10.1. The first-order chi connectivity index (χ1) is 13.2. The molecule has 1 aromatic carbocycles. The largest absolute Gasteiger partial charge is 0.468 e. The Balaban J connectivity index is 1.53. The summed E-state index contributed by atoms with van der Waals surface area (Å²) in [6.07, 6.45) is 1.61. The van der Waals surface area contributed by atoms with Crippen LogP contribution in [0, 0.1) is 0 Å². The smallest absolute Gasteiger partial charge is 0.349 e. The molecule has 1 fully saturated rings. The van der Waals surface area contributed by atoms with E-state index in [9.17, 15) is 9.59 Å². The Bertz CT molecular complexity index is 973. The first-order valence-electron chi connectivity index (χ1n) is 8.88. The van der Waals surface area contributed by atoms with Crippen LogP contribution in [0.5, 0.6) is 0 Å². The first-order valence-corrected chi connectivity index (χ1v) is 8.88. The van der Waals surface area contributed by atoms with E-state index >= 15 is 0 Å². The van der Waals surface area contributed by atoms with Crippen molar-refractivity contribution in [1.82, 2.24) is 10.2 Å². The van der Waals surface area contributed by atoms with Gasteiger partial charge in [0.05, 0.1) is 25.5 Å². The minimum Gasteiger partial charge on any atom is -0.468 e. The number of hydrogen-bond donors (Lipinski definition) is 1. The van der Waals surface area contributed by atoms with E-state index in [1.165, 1.54) is 0 Å². The van der Waals surface area contributed by atoms with Crippen LogP contribution in [0.3, 0.4) is 0 Å². The van der Waals surface area contributed by atoms with Gasteiger partial charge in [-0.25, -0.2) is 4.79 Å². The molecular formula is C20H20N2O5. The number of carbonyl (C=O) groups is 1. The summed E-state index contributed by atoms with van der Waals surface area (Å²) < 4.78 is 16.2. The standard InChI is InChI=1S/C20H20N2O5/c23-19(15-12-14-4-1-2-5-17(14)27-20(15)24)21-13-16(18-6-3-9-26-18)22-7-10-25-11-8-22/h1-6,9,12,16H,7-8,10-11,13H2,(H,21,23)/t16-/m1/s1. The number of ether oxygens (including phenoxy) is 1. The molecular weight excluding hydrogens is 348 g/mol. The minimum absolute atomic E-state index is 0.00567. The van der Waals surface area contributed by atoms with Crippen molar-refractivity contribution in [2.75, 3.05) is 32.8 Å². The van der Waals surface area contributed by atoms with Crippen LogP contribution in [0.15, 0.2) is 62.4 Å². The molecule has 1 atom stereocenters. The maximum Gasteiger partial charge on any atom is 0.349 e. The van der Waals surface area contributed by atoms with Gasteiger partial charge in [-0.05, 0) is 24.3 Å². The van der Waals surface area contributed by atoms with Gasteiger partial charge in [-0.3, -0.25) is 9.69 Å². The number of amides is 1. The quantitative estimate of drug-likeness (QED) is 0.695. The molecule has 3 heterocycles. The molecule has 1 aliphatic heterocycles. The fourth-order valence-corrected chi connectivity index (χ4v) is 3.28. The van der Waals surface area contributed by atoms with Gasteiger partial charge < -0.3 is 18.9 Å². The van der Waals surface area contributed by atoms with E-state index in [1.807, 2.05) is 18.2 Å². The lowest BCUT2D eigenvalue weighted by Gasteiger charge is -2.33. The monoisotopic (exact) mass is 368 g/mol. The number of nitrogens with one attached hydrogen (secondary N) is 1. The van der Waals surface area contributed by atoms with Crippen LogP contribution in [0.4, 0.5) is 0 Å². The number of para-hydroxylation sites is 1. The van der Waals surface area contributed by atoms with Crippen LogP contribution in [-0.2, 0) is 4.74 Å². The number of fused-ring (bicyclic) bond motifs is 1. The van der Waals surface area contributed by atoms with E-state index in [4.69, 9.17) is 13.6 Å². The number of benzene rings is 1. The number of furan rings is 1. The van der Waals surface area contributed by atoms with Gasteiger partial charge in [0.2, 0.25) is 0 Å². The Hall–Kier alpha value is -2.90. The summed E-state index contributed by atoms with van der Waals surface area (Å²) in [6.45, 7) is 3.09. The van der Waals surface area contributed by atoms with Crippen molar-refractivity contribution in [3.8, 4) is 0 Å². The predicted molar refractivity (Wildman–Crippen MR) is 98.7 cm³/mol. The molecule has 7 nitrogen and oxygen atoms in total. The molecule has 27 heavy (non-hydrogen) atoms. The van der Waals surface area contributed by atoms with Crippen LogP contribution in [0.1, 0.15) is 22.2 Å². The second-order valence-corrected chi connectivity index (χ2v) is 6.37. The molecule has 7 heteroatoms. The molecule has 0 spiro atoms. The number of hydrogen-bond acceptors (Lipinski definition) is 6.